The fourth-order valence-corrected chi connectivity index (χ4v) is 2.64. The van der Waals surface area contributed by atoms with Gasteiger partial charge in [0.1, 0.15) is 0 Å². The van der Waals surface area contributed by atoms with Crippen LogP contribution in [0.15, 0.2) is 24.3 Å². The third-order valence-corrected chi connectivity index (χ3v) is 4.77. The summed E-state index contributed by atoms with van der Waals surface area (Å²) < 4.78 is 0. The minimum atomic E-state index is 0.465. The van der Waals surface area contributed by atoms with Crippen molar-refractivity contribution < 1.29 is 0 Å². The molecule has 1 aliphatic rings. The third-order valence-electron chi connectivity index (χ3n) is 4.77. The molecule has 1 aromatic rings. The molecule has 0 aromatic heterocycles. The van der Waals surface area contributed by atoms with Gasteiger partial charge in [-0.1, -0.05) is 45.0 Å². The molecule has 0 spiro atoms. The molecule has 0 radical (unpaired) electrons. The minimum absolute atomic E-state index is 0.465. The molecule has 0 amide bonds. The van der Waals surface area contributed by atoms with Crippen LogP contribution < -0.4 is 5.32 Å². The zero-order valence-corrected chi connectivity index (χ0v) is 12.3. The Hall–Kier alpha value is -0.820. The lowest BCUT2D eigenvalue weighted by molar-refractivity contribution is 0.325. The Morgan fingerprint density at radius 1 is 1.11 bits per heavy atom. The number of hydrogen-bond acceptors (Lipinski definition) is 1. The molecule has 1 unspecified atom stereocenters. The van der Waals surface area contributed by atoms with E-state index < -0.39 is 0 Å². The Morgan fingerprint density at radius 3 is 2.17 bits per heavy atom. The normalized spacial score (nSPS) is 18.9. The predicted molar refractivity (Wildman–Crippen MR) is 78.7 cm³/mol. The maximum atomic E-state index is 3.72. The Balaban J connectivity index is 1.89. The molecule has 0 bridgehead atoms. The number of hydrogen-bond donors (Lipinski definition) is 1. The van der Waals surface area contributed by atoms with Crippen molar-refractivity contribution in [2.45, 2.75) is 53.0 Å². The van der Waals surface area contributed by atoms with Crippen molar-refractivity contribution in [2.24, 2.45) is 11.3 Å². The molecule has 0 saturated heterocycles. The van der Waals surface area contributed by atoms with Crippen LogP contribution in [-0.2, 0) is 6.42 Å². The molecular weight excluding hydrogens is 218 g/mol. The SMILES string of the molecule is CCc1ccc(C(C)NCC2(C(C)C)CC2)cc1. The van der Waals surface area contributed by atoms with Crippen LogP contribution in [0.4, 0.5) is 0 Å². The molecule has 2 rings (SSSR count). The molecule has 1 aliphatic carbocycles. The molecular formula is C17H27N. The summed E-state index contributed by atoms with van der Waals surface area (Å²) in [5.41, 5.74) is 3.43. The third kappa shape index (κ3) is 2.95. The molecule has 1 nitrogen and oxygen atoms in total. The van der Waals surface area contributed by atoms with E-state index in [0.29, 0.717) is 11.5 Å². The number of nitrogens with one attached hydrogen (secondary N) is 1. The number of benzene rings is 1. The van der Waals surface area contributed by atoms with Crippen LogP contribution in [0.3, 0.4) is 0 Å². The summed E-state index contributed by atoms with van der Waals surface area (Å²) in [5, 5.41) is 3.72. The first kappa shape index (κ1) is 13.6. The van der Waals surface area contributed by atoms with Crippen molar-refractivity contribution in [1.82, 2.24) is 5.32 Å². The highest BCUT2D eigenvalue weighted by molar-refractivity contribution is 5.24. The van der Waals surface area contributed by atoms with Gasteiger partial charge in [0, 0.05) is 12.6 Å². The zero-order valence-electron chi connectivity index (χ0n) is 12.3. The smallest absolute Gasteiger partial charge is 0.0292 e. The van der Waals surface area contributed by atoms with Gasteiger partial charge in [-0.15, -0.1) is 0 Å². The fourth-order valence-electron chi connectivity index (χ4n) is 2.64. The molecule has 1 atom stereocenters. The summed E-state index contributed by atoms with van der Waals surface area (Å²) in [6.45, 7) is 10.4. The monoisotopic (exact) mass is 245 g/mol. The Labute approximate surface area is 112 Å². The summed E-state index contributed by atoms with van der Waals surface area (Å²) in [6, 6.07) is 9.51. The maximum Gasteiger partial charge on any atom is 0.0292 e. The van der Waals surface area contributed by atoms with Crippen molar-refractivity contribution in [3.05, 3.63) is 35.4 Å². The Kier molecular flexibility index (Phi) is 4.11. The molecule has 0 aliphatic heterocycles. The van der Waals surface area contributed by atoms with E-state index in [1.54, 1.807) is 0 Å². The van der Waals surface area contributed by atoms with Crippen molar-refractivity contribution in [3.63, 3.8) is 0 Å². The van der Waals surface area contributed by atoms with E-state index in [9.17, 15) is 0 Å². The van der Waals surface area contributed by atoms with E-state index in [2.05, 4.69) is 57.3 Å². The zero-order chi connectivity index (χ0) is 13.2. The van der Waals surface area contributed by atoms with Crippen LogP contribution in [-0.4, -0.2) is 6.54 Å². The largest absolute Gasteiger partial charge is 0.310 e. The lowest BCUT2D eigenvalue weighted by Crippen LogP contribution is -2.29. The van der Waals surface area contributed by atoms with E-state index in [0.717, 1.165) is 12.3 Å². The minimum Gasteiger partial charge on any atom is -0.310 e. The van der Waals surface area contributed by atoms with Gasteiger partial charge >= 0.3 is 0 Å². The van der Waals surface area contributed by atoms with Crippen LogP contribution in [0.2, 0.25) is 0 Å². The van der Waals surface area contributed by atoms with E-state index >= 15 is 0 Å². The highest BCUT2D eigenvalue weighted by atomic mass is 14.9. The van der Waals surface area contributed by atoms with E-state index in [1.807, 2.05) is 0 Å². The average molecular weight is 245 g/mol. The van der Waals surface area contributed by atoms with Crippen LogP contribution >= 0.6 is 0 Å². The van der Waals surface area contributed by atoms with Crippen LogP contribution in [0.1, 0.15) is 57.7 Å². The maximum absolute atomic E-state index is 3.72. The second kappa shape index (κ2) is 5.44. The summed E-state index contributed by atoms with van der Waals surface area (Å²) in [4.78, 5) is 0. The lowest BCUT2D eigenvalue weighted by Gasteiger charge is -2.23. The topological polar surface area (TPSA) is 12.0 Å². The average Bonchev–Trinajstić information content (AvgIpc) is 3.17. The predicted octanol–water partition coefficient (Wildman–Crippen LogP) is 4.34. The standard InChI is InChI=1S/C17H27N/c1-5-15-6-8-16(9-7-15)14(4)18-12-17(10-11-17)13(2)3/h6-9,13-14,18H,5,10-12H2,1-4H3. The van der Waals surface area contributed by atoms with Crippen LogP contribution in [0, 0.1) is 11.3 Å². The van der Waals surface area contributed by atoms with Gasteiger partial charge in [-0.3, -0.25) is 0 Å². The summed E-state index contributed by atoms with van der Waals surface area (Å²) in [7, 11) is 0. The lowest BCUT2D eigenvalue weighted by atomic mass is 9.92. The number of aryl methyl sites for hydroxylation is 1. The van der Waals surface area contributed by atoms with Crippen molar-refractivity contribution in [1.29, 1.82) is 0 Å². The van der Waals surface area contributed by atoms with Gasteiger partial charge in [-0.25, -0.2) is 0 Å². The Morgan fingerprint density at radius 2 is 1.72 bits per heavy atom. The van der Waals surface area contributed by atoms with Gasteiger partial charge in [-0.2, -0.15) is 0 Å². The molecule has 1 heteroatoms. The van der Waals surface area contributed by atoms with Gasteiger partial charge in [-0.05, 0) is 48.6 Å². The first-order valence-electron chi connectivity index (χ1n) is 7.39. The van der Waals surface area contributed by atoms with Crippen molar-refractivity contribution in [3.8, 4) is 0 Å². The summed E-state index contributed by atoms with van der Waals surface area (Å²) in [6.07, 6.45) is 3.93. The molecule has 1 fully saturated rings. The molecule has 18 heavy (non-hydrogen) atoms. The van der Waals surface area contributed by atoms with Gasteiger partial charge in [0.25, 0.3) is 0 Å². The molecule has 1 saturated carbocycles. The Bertz CT molecular complexity index is 373. The fraction of sp³-hybridized carbons (Fsp3) is 0.647. The van der Waals surface area contributed by atoms with Crippen LogP contribution in [0.25, 0.3) is 0 Å². The second-order valence-corrected chi connectivity index (χ2v) is 6.21. The van der Waals surface area contributed by atoms with Gasteiger partial charge < -0.3 is 5.32 Å². The van der Waals surface area contributed by atoms with Crippen molar-refractivity contribution in [2.75, 3.05) is 6.54 Å². The summed E-state index contributed by atoms with van der Waals surface area (Å²) >= 11 is 0. The number of rotatable bonds is 6. The highest BCUT2D eigenvalue weighted by Crippen LogP contribution is 2.51. The molecule has 0 heterocycles. The van der Waals surface area contributed by atoms with Gasteiger partial charge in [0.15, 0.2) is 0 Å². The van der Waals surface area contributed by atoms with E-state index in [1.165, 1.54) is 30.5 Å². The van der Waals surface area contributed by atoms with E-state index in [4.69, 9.17) is 0 Å². The van der Waals surface area contributed by atoms with E-state index in [-0.39, 0.29) is 0 Å². The van der Waals surface area contributed by atoms with Gasteiger partial charge in [0.2, 0.25) is 0 Å². The molecule has 100 valence electrons. The molecule has 1 N–H and O–H groups in total. The quantitative estimate of drug-likeness (QED) is 0.786. The second-order valence-electron chi connectivity index (χ2n) is 6.21. The highest BCUT2D eigenvalue weighted by Gasteiger charge is 2.44. The van der Waals surface area contributed by atoms with Crippen molar-refractivity contribution >= 4 is 0 Å². The molecule has 1 aromatic carbocycles. The first-order valence-corrected chi connectivity index (χ1v) is 7.39. The first-order chi connectivity index (χ1) is 8.57. The van der Waals surface area contributed by atoms with Gasteiger partial charge in [0.05, 0.1) is 0 Å². The van der Waals surface area contributed by atoms with Crippen LogP contribution in [0.5, 0.6) is 0 Å². The summed E-state index contributed by atoms with van der Waals surface area (Å²) in [5.74, 6) is 0.805.